The Balaban J connectivity index is 2.11. The summed E-state index contributed by atoms with van der Waals surface area (Å²) in [7, 11) is 0. The highest BCUT2D eigenvalue weighted by atomic mass is 35.5. The molecule has 1 N–H and O–H groups in total. The minimum atomic E-state index is -4.66. The predicted molar refractivity (Wildman–Crippen MR) is 81.7 cm³/mol. The second-order valence-electron chi connectivity index (χ2n) is 5.61. The first-order valence-electron chi connectivity index (χ1n) is 7.20. The molecular formula is C15H16ClF3N2O3. The maximum atomic E-state index is 12.8. The van der Waals surface area contributed by atoms with E-state index in [1.807, 2.05) is 0 Å². The highest BCUT2D eigenvalue weighted by molar-refractivity contribution is 6.39. The molecule has 1 aliphatic rings. The summed E-state index contributed by atoms with van der Waals surface area (Å²) >= 11 is 5.51. The van der Waals surface area contributed by atoms with Crippen LogP contribution in [0.1, 0.15) is 19.4 Å². The number of anilines is 1. The summed E-state index contributed by atoms with van der Waals surface area (Å²) in [5.41, 5.74) is -1.23. The Hall–Kier alpha value is -1.80. The molecule has 132 valence electrons. The van der Waals surface area contributed by atoms with Crippen LogP contribution in [0.4, 0.5) is 18.9 Å². The summed E-state index contributed by atoms with van der Waals surface area (Å²) in [6, 6.07) is 2.91. The van der Waals surface area contributed by atoms with Gasteiger partial charge >= 0.3 is 18.0 Å². The van der Waals surface area contributed by atoms with Crippen molar-refractivity contribution in [3.63, 3.8) is 0 Å². The van der Waals surface area contributed by atoms with E-state index >= 15 is 0 Å². The number of hydrogen-bond donors (Lipinski definition) is 1. The summed E-state index contributed by atoms with van der Waals surface area (Å²) in [6.45, 7) is 4.02. The van der Waals surface area contributed by atoms with Crippen LogP contribution < -0.4 is 5.32 Å². The average molecular weight is 365 g/mol. The predicted octanol–water partition coefficient (Wildman–Crippen LogP) is 2.93. The van der Waals surface area contributed by atoms with E-state index in [0.717, 1.165) is 6.07 Å². The van der Waals surface area contributed by atoms with Crippen molar-refractivity contribution in [2.24, 2.45) is 0 Å². The van der Waals surface area contributed by atoms with Gasteiger partial charge in [0, 0.05) is 18.8 Å². The summed E-state index contributed by atoms with van der Waals surface area (Å²) < 4.78 is 43.9. The van der Waals surface area contributed by atoms with Crippen LogP contribution in [0, 0.1) is 0 Å². The molecular weight excluding hydrogens is 349 g/mol. The first kappa shape index (κ1) is 18.5. The minimum absolute atomic E-state index is 0.153. The molecule has 1 fully saturated rings. The van der Waals surface area contributed by atoms with E-state index in [1.165, 1.54) is 11.0 Å². The van der Waals surface area contributed by atoms with Crippen LogP contribution in [-0.2, 0) is 20.5 Å². The second kappa shape index (κ2) is 6.98. The van der Waals surface area contributed by atoms with E-state index in [2.05, 4.69) is 5.32 Å². The first-order valence-corrected chi connectivity index (χ1v) is 7.58. The molecule has 2 atom stereocenters. The van der Waals surface area contributed by atoms with Gasteiger partial charge in [0.2, 0.25) is 0 Å². The van der Waals surface area contributed by atoms with E-state index < -0.39 is 28.6 Å². The molecule has 1 heterocycles. The van der Waals surface area contributed by atoms with Crippen molar-refractivity contribution in [3.05, 3.63) is 28.8 Å². The van der Waals surface area contributed by atoms with Crippen molar-refractivity contribution in [1.82, 2.24) is 4.90 Å². The molecule has 1 aromatic carbocycles. The van der Waals surface area contributed by atoms with Gasteiger partial charge in [-0.3, -0.25) is 9.59 Å². The second-order valence-corrected chi connectivity index (χ2v) is 6.02. The highest BCUT2D eigenvalue weighted by Gasteiger charge is 2.34. The molecule has 0 aliphatic carbocycles. The normalized spacial score (nSPS) is 21.5. The lowest BCUT2D eigenvalue weighted by Gasteiger charge is -2.34. The van der Waals surface area contributed by atoms with Gasteiger partial charge in [-0.1, -0.05) is 11.6 Å². The topological polar surface area (TPSA) is 58.6 Å². The Bertz CT molecular complexity index is 641. The van der Waals surface area contributed by atoms with Crippen LogP contribution in [0.15, 0.2) is 18.2 Å². The number of nitrogens with one attached hydrogen (secondary N) is 1. The lowest BCUT2D eigenvalue weighted by molar-refractivity contribution is -0.151. The smallest absolute Gasteiger partial charge is 0.372 e. The van der Waals surface area contributed by atoms with E-state index in [0.29, 0.717) is 6.07 Å². The van der Waals surface area contributed by atoms with E-state index in [-0.39, 0.29) is 31.0 Å². The maximum absolute atomic E-state index is 12.8. The van der Waals surface area contributed by atoms with Gasteiger partial charge in [0.05, 0.1) is 22.8 Å². The third-order valence-electron chi connectivity index (χ3n) is 3.43. The average Bonchev–Trinajstić information content (AvgIpc) is 2.46. The monoisotopic (exact) mass is 364 g/mol. The van der Waals surface area contributed by atoms with Gasteiger partial charge in [-0.05, 0) is 32.0 Å². The van der Waals surface area contributed by atoms with Gasteiger partial charge < -0.3 is 15.0 Å². The van der Waals surface area contributed by atoms with Gasteiger partial charge in [0.1, 0.15) is 0 Å². The fourth-order valence-corrected chi connectivity index (χ4v) is 2.72. The van der Waals surface area contributed by atoms with Crippen molar-refractivity contribution in [2.75, 3.05) is 18.4 Å². The number of carbonyl (C=O) groups excluding carboxylic acids is 2. The number of ether oxygens (including phenoxy) is 1. The first-order chi connectivity index (χ1) is 11.1. The van der Waals surface area contributed by atoms with Gasteiger partial charge in [-0.25, -0.2) is 0 Å². The largest absolute Gasteiger partial charge is 0.417 e. The van der Waals surface area contributed by atoms with E-state index in [4.69, 9.17) is 16.3 Å². The number of amides is 2. The lowest BCUT2D eigenvalue weighted by Crippen LogP contribution is -2.51. The van der Waals surface area contributed by atoms with Crippen molar-refractivity contribution in [3.8, 4) is 0 Å². The summed E-state index contributed by atoms with van der Waals surface area (Å²) in [5, 5.41) is 1.70. The number of morpholine rings is 1. The zero-order valence-corrected chi connectivity index (χ0v) is 13.7. The van der Waals surface area contributed by atoms with Gasteiger partial charge in [0.15, 0.2) is 0 Å². The number of halogens is 4. The minimum Gasteiger partial charge on any atom is -0.372 e. The Kier molecular flexibility index (Phi) is 5.39. The standard InChI is InChI=1S/C15H16ClF3N2O3/c1-8-6-21(7-9(2)24-8)14(23)13(22)20-10-3-4-12(16)11(5-10)15(17,18)19/h3-5,8-9H,6-7H2,1-2H3,(H,20,22). The van der Waals surface area contributed by atoms with Gasteiger partial charge in [-0.2, -0.15) is 13.2 Å². The molecule has 0 saturated carbocycles. The zero-order chi connectivity index (χ0) is 18.1. The fraction of sp³-hybridized carbons (Fsp3) is 0.467. The molecule has 5 nitrogen and oxygen atoms in total. The Morgan fingerprint density at radius 1 is 1.25 bits per heavy atom. The molecule has 2 unspecified atom stereocenters. The van der Waals surface area contributed by atoms with Crippen LogP contribution in [0.2, 0.25) is 5.02 Å². The van der Waals surface area contributed by atoms with Crippen molar-refractivity contribution < 1.29 is 27.5 Å². The molecule has 0 spiro atoms. The maximum Gasteiger partial charge on any atom is 0.417 e. The Morgan fingerprint density at radius 2 is 1.83 bits per heavy atom. The third-order valence-corrected chi connectivity index (χ3v) is 3.76. The number of benzene rings is 1. The molecule has 24 heavy (non-hydrogen) atoms. The summed E-state index contributed by atoms with van der Waals surface area (Å²) in [5.74, 6) is -1.83. The van der Waals surface area contributed by atoms with Crippen molar-refractivity contribution >= 4 is 29.1 Å². The van der Waals surface area contributed by atoms with Crippen LogP contribution in [-0.4, -0.2) is 42.0 Å². The molecule has 1 aliphatic heterocycles. The highest BCUT2D eigenvalue weighted by Crippen LogP contribution is 2.36. The Labute approximate surface area is 141 Å². The Morgan fingerprint density at radius 3 is 2.38 bits per heavy atom. The SMILES string of the molecule is CC1CN(C(=O)C(=O)Nc2ccc(Cl)c(C(F)(F)F)c2)CC(C)O1. The van der Waals surface area contributed by atoms with Crippen LogP contribution in [0.5, 0.6) is 0 Å². The summed E-state index contributed by atoms with van der Waals surface area (Å²) in [6.07, 6.45) is -5.10. The molecule has 2 amide bonds. The number of alkyl halides is 3. The molecule has 1 aromatic rings. The zero-order valence-electron chi connectivity index (χ0n) is 13.0. The summed E-state index contributed by atoms with van der Waals surface area (Å²) in [4.78, 5) is 25.5. The molecule has 0 radical (unpaired) electrons. The number of nitrogens with zero attached hydrogens (tertiary/aromatic N) is 1. The van der Waals surface area contributed by atoms with Gasteiger partial charge in [0.25, 0.3) is 0 Å². The van der Waals surface area contributed by atoms with Crippen molar-refractivity contribution in [1.29, 1.82) is 0 Å². The lowest BCUT2D eigenvalue weighted by atomic mass is 10.2. The van der Waals surface area contributed by atoms with Crippen molar-refractivity contribution in [2.45, 2.75) is 32.2 Å². The molecule has 1 saturated heterocycles. The van der Waals surface area contributed by atoms with Crippen LogP contribution >= 0.6 is 11.6 Å². The van der Waals surface area contributed by atoms with Crippen LogP contribution in [0.3, 0.4) is 0 Å². The molecule has 9 heteroatoms. The van der Waals surface area contributed by atoms with Crippen LogP contribution in [0.25, 0.3) is 0 Å². The van der Waals surface area contributed by atoms with Gasteiger partial charge in [-0.15, -0.1) is 0 Å². The van der Waals surface area contributed by atoms with E-state index in [9.17, 15) is 22.8 Å². The fourth-order valence-electron chi connectivity index (χ4n) is 2.49. The third kappa shape index (κ3) is 4.39. The van der Waals surface area contributed by atoms with E-state index in [1.54, 1.807) is 13.8 Å². The molecule has 0 bridgehead atoms. The number of rotatable bonds is 1. The molecule has 0 aromatic heterocycles. The molecule has 2 rings (SSSR count). The number of carbonyl (C=O) groups is 2. The number of hydrogen-bond acceptors (Lipinski definition) is 3. The quantitative estimate of drug-likeness (QED) is 0.779.